The predicted octanol–water partition coefficient (Wildman–Crippen LogP) is 1.88. The summed E-state index contributed by atoms with van der Waals surface area (Å²) in [4.78, 5) is 2.40. The van der Waals surface area contributed by atoms with Crippen molar-refractivity contribution in [2.75, 3.05) is 19.6 Å². The van der Waals surface area contributed by atoms with Crippen LogP contribution in [0.15, 0.2) is 0 Å². The molecule has 1 heterocycles. The maximum atomic E-state index is 9.46. The summed E-state index contributed by atoms with van der Waals surface area (Å²) in [7, 11) is 0. The molecule has 0 aliphatic carbocycles. The average molecular weight is 185 g/mol. The highest BCUT2D eigenvalue weighted by Crippen LogP contribution is 2.13. The minimum atomic E-state index is -0.0642. The van der Waals surface area contributed by atoms with Gasteiger partial charge in [0, 0.05) is 6.54 Å². The highest BCUT2D eigenvalue weighted by atomic mass is 16.3. The minimum Gasteiger partial charge on any atom is -0.392 e. The molecule has 0 aromatic rings. The molecular formula is C11H23NO. The highest BCUT2D eigenvalue weighted by molar-refractivity contribution is 4.71. The summed E-state index contributed by atoms with van der Waals surface area (Å²) >= 11 is 0. The molecule has 1 fully saturated rings. The SMILES string of the molecule is CCC(C)CCN1CCCC(O)C1. The largest absolute Gasteiger partial charge is 0.392 e. The summed E-state index contributed by atoms with van der Waals surface area (Å²) in [6.45, 7) is 7.81. The normalized spacial score (nSPS) is 27.5. The van der Waals surface area contributed by atoms with Gasteiger partial charge in [-0.3, -0.25) is 0 Å². The maximum Gasteiger partial charge on any atom is 0.0667 e. The molecule has 13 heavy (non-hydrogen) atoms. The Morgan fingerprint density at radius 3 is 2.92 bits per heavy atom. The van der Waals surface area contributed by atoms with Gasteiger partial charge in [-0.2, -0.15) is 0 Å². The second-order valence-corrected chi connectivity index (χ2v) is 4.40. The lowest BCUT2D eigenvalue weighted by Gasteiger charge is -2.30. The van der Waals surface area contributed by atoms with Gasteiger partial charge in [0.15, 0.2) is 0 Å². The van der Waals surface area contributed by atoms with E-state index in [2.05, 4.69) is 18.7 Å². The van der Waals surface area contributed by atoms with Crippen molar-refractivity contribution < 1.29 is 5.11 Å². The van der Waals surface area contributed by atoms with E-state index in [1.165, 1.54) is 32.4 Å². The van der Waals surface area contributed by atoms with Crippen LogP contribution in [0.25, 0.3) is 0 Å². The van der Waals surface area contributed by atoms with Crippen molar-refractivity contribution in [2.24, 2.45) is 5.92 Å². The molecule has 0 radical (unpaired) electrons. The third-order valence-electron chi connectivity index (χ3n) is 3.12. The average Bonchev–Trinajstić information content (AvgIpc) is 2.14. The molecule has 2 unspecified atom stereocenters. The number of nitrogens with zero attached hydrogens (tertiary/aromatic N) is 1. The molecule has 1 aliphatic rings. The van der Waals surface area contributed by atoms with Gasteiger partial charge < -0.3 is 10.0 Å². The van der Waals surface area contributed by atoms with Crippen LogP contribution in [0.3, 0.4) is 0 Å². The molecule has 0 amide bonds. The van der Waals surface area contributed by atoms with Crippen LogP contribution in [0, 0.1) is 5.92 Å². The first-order valence-corrected chi connectivity index (χ1v) is 5.62. The smallest absolute Gasteiger partial charge is 0.0667 e. The van der Waals surface area contributed by atoms with Crippen molar-refractivity contribution in [3.8, 4) is 0 Å². The molecule has 0 spiro atoms. The second kappa shape index (κ2) is 5.61. The monoisotopic (exact) mass is 185 g/mol. The Bertz CT molecular complexity index is 138. The van der Waals surface area contributed by atoms with Gasteiger partial charge >= 0.3 is 0 Å². The van der Waals surface area contributed by atoms with Gasteiger partial charge in [-0.15, -0.1) is 0 Å². The number of piperidine rings is 1. The zero-order valence-corrected chi connectivity index (χ0v) is 9.00. The zero-order valence-electron chi connectivity index (χ0n) is 9.00. The van der Waals surface area contributed by atoms with Crippen LogP contribution in [0.2, 0.25) is 0 Å². The number of hydrogen-bond acceptors (Lipinski definition) is 2. The van der Waals surface area contributed by atoms with Crippen molar-refractivity contribution in [3.05, 3.63) is 0 Å². The lowest BCUT2D eigenvalue weighted by atomic mass is 10.0. The van der Waals surface area contributed by atoms with Gasteiger partial charge in [0.25, 0.3) is 0 Å². The van der Waals surface area contributed by atoms with E-state index >= 15 is 0 Å². The van der Waals surface area contributed by atoms with E-state index in [0.29, 0.717) is 0 Å². The molecule has 1 N–H and O–H groups in total. The molecule has 1 saturated heterocycles. The molecule has 0 aromatic carbocycles. The Morgan fingerprint density at radius 2 is 2.31 bits per heavy atom. The Labute approximate surface area is 81.9 Å². The summed E-state index contributed by atoms with van der Waals surface area (Å²) in [5.74, 6) is 0.832. The number of aliphatic hydroxyl groups is 1. The van der Waals surface area contributed by atoms with Gasteiger partial charge in [-0.05, 0) is 38.3 Å². The first kappa shape index (κ1) is 11.0. The van der Waals surface area contributed by atoms with Gasteiger partial charge in [-0.25, -0.2) is 0 Å². The van der Waals surface area contributed by atoms with E-state index in [0.717, 1.165) is 18.9 Å². The molecule has 0 bridgehead atoms. The lowest BCUT2D eigenvalue weighted by Crippen LogP contribution is -2.39. The third-order valence-corrected chi connectivity index (χ3v) is 3.12. The molecule has 2 heteroatoms. The summed E-state index contributed by atoms with van der Waals surface area (Å²) in [5, 5.41) is 9.46. The van der Waals surface area contributed by atoms with E-state index in [-0.39, 0.29) is 6.10 Å². The first-order valence-electron chi connectivity index (χ1n) is 5.62. The molecular weight excluding hydrogens is 162 g/mol. The van der Waals surface area contributed by atoms with Gasteiger partial charge in [-0.1, -0.05) is 20.3 Å². The number of rotatable bonds is 4. The lowest BCUT2D eigenvalue weighted by molar-refractivity contribution is 0.0679. The molecule has 78 valence electrons. The molecule has 0 saturated carbocycles. The highest BCUT2D eigenvalue weighted by Gasteiger charge is 2.17. The van der Waals surface area contributed by atoms with Crippen molar-refractivity contribution in [1.82, 2.24) is 4.90 Å². The van der Waals surface area contributed by atoms with Gasteiger partial charge in [0.1, 0.15) is 0 Å². The molecule has 1 rings (SSSR count). The Morgan fingerprint density at radius 1 is 1.54 bits per heavy atom. The van der Waals surface area contributed by atoms with Gasteiger partial charge in [0.05, 0.1) is 6.10 Å². The number of aliphatic hydroxyl groups excluding tert-OH is 1. The van der Waals surface area contributed by atoms with Crippen molar-refractivity contribution >= 4 is 0 Å². The fourth-order valence-electron chi connectivity index (χ4n) is 1.84. The summed E-state index contributed by atoms with van der Waals surface area (Å²) in [6, 6.07) is 0. The minimum absolute atomic E-state index is 0.0642. The van der Waals surface area contributed by atoms with Gasteiger partial charge in [0.2, 0.25) is 0 Å². The Hall–Kier alpha value is -0.0800. The number of hydrogen-bond donors (Lipinski definition) is 1. The van der Waals surface area contributed by atoms with Crippen LogP contribution in [0.1, 0.15) is 39.5 Å². The number of β-amino-alcohol motifs (C(OH)–C–C–N with tert-alkyl or cyclic N) is 1. The van der Waals surface area contributed by atoms with E-state index in [9.17, 15) is 5.11 Å². The topological polar surface area (TPSA) is 23.5 Å². The van der Waals surface area contributed by atoms with Crippen molar-refractivity contribution in [2.45, 2.75) is 45.6 Å². The Kier molecular flexibility index (Phi) is 4.74. The fraction of sp³-hybridized carbons (Fsp3) is 1.00. The van der Waals surface area contributed by atoms with Crippen LogP contribution in [0.4, 0.5) is 0 Å². The maximum absolute atomic E-state index is 9.46. The van der Waals surface area contributed by atoms with Crippen LogP contribution in [-0.2, 0) is 0 Å². The van der Waals surface area contributed by atoms with E-state index in [1.54, 1.807) is 0 Å². The zero-order chi connectivity index (χ0) is 9.68. The van der Waals surface area contributed by atoms with Crippen LogP contribution in [-0.4, -0.2) is 35.7 Å². The van der Waals surface area contributed by atoms with Crippen molar-refractivity contribution in [1.29, 1.82) is 0 Å². The fourth-order valence-corrected chi connectivity index (χ4v) is 1.84. The predicted molar refractivity (Wildman–Crippen MR) is 55.8 cm³/mol. The van der Waals surface area contributed by atoms with E-state index in [1.807, 2.05) is 0 Å². The first-order chi connectivity index (χ1) is 6.22. The molecule has 0 aromatic heterocycles. The van der Waals surface area contributed by atoms with Crippen LogP contribution < -0.4 is 0 Å². The quantitative estimate of drug-likeness (QED) is 0.723. The second-order valence-electron chi connectivity index (χ2n) is 4.40. The summed E-state index contributed by atoms with van der Waals surface area (Å²) in [6.07, 6.45) is 4.66. The van der Waals surface area contributed by atoms with Crippen LogP contribution in [0.5, 0.6) is 0 Å². The molecule has 1 aliphatic heterocycles. The molecule has 2 nitrogen and oxygen atoms in total. The van der Waals surface area contributed by atoms with E-state index in [4.69, 9.17) is 0 Å². The number of likely N-dealkylation sites (tertiary alicyclic amines) is 1. The third kappa shape index (κ3) is 4.10. The Balaban J connectivity index is 2.13. The van der Waals surface area contributed by atoms with Crippen LogP contribution >= 0.6 is 0 Å². The van der Waals surface area contributed by atoms with Crippen molar-refractivity contribution in [3.63, 3.8) is 0 Å². The molecule has 2 atom stereocenters. The van der Waals surface area contributed by atoms with E-state index < -0.39 is 0 Å². The summed E-state index contributed by atoms with van der Waals surface area (Å²) < 4.78 is 0. The summed E-state index contributed by atoms with van der Waals surface area (Å²) in [5.41, 5.74) is 0. The standard InChI is InChI=1S/C11H23NO/c1-3-10(2)6-8-12-7-4-5-11(13)9-12/h10-11,13H,3-9H2,1-2H3.